The van der Waals surface area contributed by atoms with Gasteiger partial charge in [0.15, 0.2) is 11.5 Å². The van der Waals surface area contributed by atoms with Crippen molar-refractivity contribution in [2.75, 3.05) is 25.2 Å². The van der Waals surface area contributed by atoms with Crippen LogP contribution in [0.5, 0.6) is 11.5 Å². The molecular formula is C30H26N2O8S. The Bertz CT molecular complexity index is 1770. The van der Waals surface area contributed by atoms with E-state index < -0.39 is 26.9 Å². The number of amides is 1. The molecule has 0 saturated carbocycles. The number of phenolic OH excluding ortho intramolecular Hbond substituents is 1. The molecule has 4 aromatic rings. The largest absolute Gasteiger partial charge is 0.504 e. The Hall–Kier alpha value is -4.74. The summed E-state index contributed by atoms with van der Waals surface area (Å²) in [5.74, 6) is -1.16. The van der Waals surface area contributed by atoms with E-state index in [9.17, 15) is 28.4 Å². The van der Waals surface area contributed by atoms with Gasteiger partial charge in [-0.3, -0.25) is 19.1 Å². The van der Waals surface area contributed by atoms with Crippen molar-refractivity contribution in [3.05, 3.63) is 112 Å². The van der Waals surface area contributed by atoms with Gasteiger partial charge in [0.05, 0.1) is 29.7 Å². The van der Waals surface area contributed by atoms with E-state index in [0.717, 1.165) is 0 Å². The second kappa shape index (κ2) is 11.4. The van der Waals surface area contributed by atoms with Crippen LogP contribution in [0.4, 0.5) is 11.4 Å². The van der Waals surface area contributed by atoms with E-state index in [4.69, 9.17) is 8.92 Å². The Morgan fingerprint density at radius 3 is 2.46 bits per heavy atom. The quantitative estimate of drug-likeness (QED) is 0.125. The van der Waals surface area contributed by atoms with Crippen LogP contribution in [0.3, 0.4) is 0 Å². The number of methoxy groups -OCH3 is 1. The SMILES string of the molecule is COc1ccc(/C=C/C(=O)N2CC(COS(=O)(=O)Cc3ccccc3)c3c2cc([N+](=O)[O-])c2ccccc32)cc1O. The summed E-state index contributed by atoms with van der Waals surface area (Å²) < 4.78 is 36.1. The van der Waals surface area contributed by atoms with Gasteiger partial charge in [-0.1, -0.05) is 54.6 Å². The Labute approximate surface area is 236 Å². The Morgan fingerprint density at radius 1 is 1.07 bits per heavy atom. The van der Waals surface area contributed by atoms with Crippen molar-refractivity contribution in [2.45, 2.75) is 11.7 Å². The minimum Gasteiger partial charge on any atom is -0.504 e. The maximum Gasteiger partial charge on any atom is 0.279 e. The Kier molecular flexibility index (Phi) is 7.73. The molecule has 0 aromatic heterocycles. The number of nitro benzene ring substituents is 1. The lowest BCUT2D eigenvalue weighted by atomic mass is 9.94. The van der Waals surface area contributed by atoms with Gasteiger partial charge in [-0.25, -0.2) is 0 Å². The zero-order chi connectivity index (χ0) is 29.1. The number of fused-ring (bicyclic) bond motifs is 3. The molecule has 4 aromatic carbocycles. The van der Waals surface area contributed by atoms with Crippen molar-refractivity contribution in [1.82, 2.24) is 0 Å². The summed E-state index contributed by atoms with van der Waals surface area (Å²) in [5.41, 5.74) is 1.86. The smallest absolute Gasteiger partial charge is 0.279 e. The molecule has 0 radical (unpaired) electrons. The Morgan fingerprint density at radius 2 is 1.78 bits per heavy atom. The van der Waals surface area contributed by atoms with Crippen LogP contribution >= 0.6 is 0 Å². The van der Waals surface area contributed by atoms with E-state index in [1.54, 1.807) is 66.7 Å². The third kappa shape index (κ3) is 5.91. The standard InChI is InChI=1S/C30H26N2O8S/c1-39-28-13-11-20(15-27(28)33)12-14-29(34)31-17-22(18-40-41(37,38)19-21-7-3-2-4-8-21)30-24-10-6-5-9-23(24)25(32(35)36)16-26(30)31/h2-16,22,33H,17-19H2,1H3/b14-12+. The van der Waals surface area contributed by atoms with Gasteiger partial charge in [-0.05, 0) is 46.4 Å². The topological polar surface area (TPSA) is 136 Å². The third-order valence-electron chi connectivity index (χ3n) is 6.86. The van der Waals surface area contributed by atoms with Crippen LogP contribution in [0.2, 0.25) is 0 Å². The highest BCUT2D eigenvalue weighted by molar-refractivity contribution is 7.85. The van der Waals surface area contributed by atoms with Gasteiger partial charge in [0.1, 0.15) is 5.75 Å². The van der Waals surface area contributed by atoms with Gasteiger partial charge < -0.3 is 14.7 Å². The molecule has 210 valence electrons. The molecule has 1 atom stereocenters. The maximum atomic E-state index is 13.4. The summed E-state index contributed by atoms with van der Waals surface area (Å²) in [7, 11) is -2.53. The zero-order valence-electron chi connectivity index (χ0n) is 22.0. The zero-order valence-corrected chi connectivity index (χ0v) is 22.8. The predicted molar refractivity (Wildman–Crippen MR) is 154 cm³/mol. The number of nitrogens with zero attached hydrogens (tertiary/aromatic N) is 2. The van der Waals surface area contributed by atoms with Crippen LogP contribution in [0.15, 0.2) is 84.9 Å². The minimum atomic E-state index is -3.95. The lowest BCUT2D eigenvalue weighted by Crippen LogP contribution is -2.29. The number of benzene rings is 4. The lowest BCUT2D eigenvalue weighted by Gasteiger charge is -2.16. The number of phenols is 1. The lowest BCUT2D eigenvalue weighted by molar-refractivity contribution is -0.383. The molecule has 0 bridgehead atoms. The number of aromatic hydroxyl groups is 1. The van der Waals surface area contributed by atoms with Crippen LogP contribution in [0, 0.1) is 10.1 Å². The Balaban J connectivity index is 1.48. The number of hydrogen-bond donors (Lipinski definition) is 1. The number of non-ortho nitro benzene ring substituents is 1. The van der Waals surface area contributed by atoms with Gasteiger partial charge in [0.25, 0.3) is 21.7 Å². The van der Waals surface area contributed by atoms with Crippen molar-refractivity contribution in [1.29, 1.82) is 0 Å². The van der Waals surface area contributed by atoms with E-state index in [2.05, 4.69) is 0 Å². The number of carbonyl (C=O) groups excluding carboxylic acids is 1. The molecule has 1 amide bonds. The molecule has 1 aliphatic rings. The second-order valence-corrected chi connectivity index (χ2v) is 11.2. The monoisotopic (exact) mass is 574 g/mol. The predicted octanol–water partition coefficient (Wildman–Crippen LogP) is 5.15. The number of carbonyl (C=O) groups is 1. The molecule has 11 heteroatoms. The van der Waals surface area contributed by atoms with Gasteiger partial charge >= 0.3 is 0 Å². The van der Waals surface area contributed by atoms with Crippen LogP contribution < -0.4 is 9.64 Å². The molecular weight excluding hydrogens is 548 g/mol. The van der Waals surface area contributed by atoms with Crippen molar-refractivity contribution >= 4 is 44.2 Å². The number of anilines is 1. The van der Waals surface area contributed by atoms with Crippen molar-refractivity contribution < 1.29 is 32.2 Å². The van der Waals surface area contributed by atoms with E-state index >= 15 is 0 Å². The summed E-state index contributed by atoms with van der Waals surface area (Å²) >= 11 is 0. The first-order chi connectivity index (χ1) is 19.7. The molecule has 1 heterocycles. The average Bonchev–Trinajstić information content (AvgIpc) is 3.34. The van der Waals surface area contributed by atoms with Crippen LogP contribution in [-0.2, 0) is 24.8 Å². The van der Waals surface area contributed by atoms with Crippen LogP contribution in [0.1, 0.15) is 22.6 Å². The fourth-order valence-corrected chi connectivity index (χ4v) is 6.05. The summed E-state index contributed by atoms with van der Waals surface area (Å²) in [5, 5.41) is 22.9. The fourth-order valence-electron chi connectivity index (χ4n) is 5.00. The second-order valence-electron chi connectivity index (χ2n) is 9.51. The summed E-state index contributed by atoms with van der Waals surface area (Å²) in [6.07, 6.45) is 2.80. The van der Waals surface area contributed by atoms with Crippen LogP contribution in [-0.4, -0.2) is 44.6 Å². The molecule has 1 N–H and O–H groups in total. The summed E-state index contributed by atoms with van der Waals surface area (Å²) in [4.78, 5) is 26.2. The average molecular weight is 575 g/mol. The van der Waals surface area contributed by atoms with Gasteiger partial charge in [-0.15, -0.1) is 0 Å². The number of nitro groups is 1. The number of hydrogen-bond acceptors (Lipinski definition) is 8. The first-order valence-electron chi connectivity index (χ1n) is 12.6. The van der Waals surface area contributed by atoms with Crippen molar-refractivity contribution in [2.24, 2.45) is 0 Å². The van der Waals surface area contributed by atoms with Gasteiger partial charge in [-0.2, -0.15) is 8.42 Å². The number of rotatable bonds is 9. The first-order valence-corrected chi connectivity index (χ1v) is 14.2. The van der Waals surface area contributed by atoms with Crippen molar-refractivity contribution in [3.63, 3.8) is 0 Å². The molecule has 0 spiro atoms. The molecule has 0 fully saturated rings. The molecule has 5 rings (SSSR count). The fraction of sp³-hybridized carbons (Fsp3) is 0.167. The molecule has 10 nitrogen and oxygen atoms in total. The molecule has 41 heavy (non-hydrogen) atoms. The highest BCUT2D eigenvalue weighted by Crippen LogP contribution is 2.45. The first kappa shape index (κ1) is 27.8. The van der Waals surface area contributed by atoms with E-state index in [0.29, 0.717) is 33.2 Å². The van der Waals surface area contributed by atoms with Gasteiger partial charge in [0.2, 0.25) is 0 Å². The minimum absolute atomic E-state index is 0.0540. The van der Waals surface area contributed by atoms with E-state index in [1.807, 2.05) is 0 Å². The van der Waals surface area contributed by atoms with Gasteiger partial charge in [0, 0.05) is 24.6 Å². The van der Waals surface area contributed by atoms with Crippen LogP contribution in [0.25, 0.3) is 16.8 Å². The molecule has 1 aliphatic heterocycles. The molecule has 0 saturated heterocycles. The normalized spacial score (nSPS) is 14.9. The summed E-state index contributed by atoms with van der Waals surface area (Å²) in [6.45, 7) is -0.192. The van der Waals surface area contributed by atoms with E-state index in [-0.39, 0.29) is 36.1 Å². The third-order valence-corrected chi connectivity index (χ3v) is 8.05. The number of ether oxygens (including phenoxy) is 1. The maximum absolute atomic E-state index is 13.4. The molecule has 0 aliphatic carbocycles. The van der Waals surface area contributed by atoms with Crippen molar-refractivity contribution in [3.8, 4) is 11.5 Å². The van der Waals surface area contributed by atoms with E-state index in [1.165, 1.54) is 36.3 Å². The highest BCUT2D eigenvalue weighted by Gasteiger charge is 2.36. The highest BCUT2D eigenvalue weighted by atomic mass is 32.2. The summed E-state index contributed by atoms with van der Waals surface area (Å²) in [6, 6.07) is 21.4. The molecule has 1 unspecified atom stereocenters.